The summed E-state index contributed by atoms with van der Waals surface area (Å²) in [7, 11) is 0. The molecule has 1 saturated carbocycles. The molecule has 0 amide bonds. The van der Waals surface area contributed by atoms with E-state index in [1.165, 1.54) is 23.5 Å². The Morgan fingerprint density at radius 2 is 2.32 bits per heavy atom. The van der Waals surface area contributed by atoms with E-state index in [4.69, 9.17) is 10.00 Å². The number of halogens is 1. The second-order valence-corrected chi connectivity index (χ2v) is 6.46. The van der Waals surface area contributed by atoms with Gasteiger partial charge in [0.1, 0.15) is 11.9 Å². The molecule has 1 aromatic carbocycles. The van der Waals surface area contributed by atoms with E-state index in [-0.39, 0.29) is 11.3 Å². The van der Waals surface area contributed by atoms with Crippen LogP contribution in [-0.2, 0) is 4.74 Å². The molecule has 0 unspecified atom stereocenters. The second kappa shape index (κ2) is 5.85. The van der Waals surface area contributed by atoms with Gasteiger partial charge in [0.2, 0.25) is 0 Å². The fourth-order valence-electron chi connectivity index (χ4n) is 2.05. The van der Waals surface area contributed by atoms with Crippen LogP contribution in [0.15, 0.2) is 18.2 Å². The normalized spacial score (nSPS) is 13.7. The molecule has 1 aliphatic rings. The Kier molecular flexibility index (Phi) is 3.90. The van der Waals surface area contributed by atoms with Gasteiger partial charge in [0.15, 0.2) is 5.69 Å². The third-order valence-corrected chi connectivity index (χ3v) is 4.45. The zero-order valence-electron chi connectivity index (χ0n) is 11.9. The first-order valence-corrected chi connectivity index (χ1v) is 7.74. The van der Waals surface area contributed by atoms with Crippen molar-refractivity contribution in [2.24, 2.45) is 5.92 Å². The number of nitriles is 1. The van der Waals surface area contributed by atoms with E-state index in [2.05, 4.69) is 4.98 Å². The number of carbonyl (C=O) groups is 1. The van der Waals surface area contributed by atoms with Gasteiger partial charge in [-0.15, -0.1) is 11.3 Å². The molecule has 1 heterocycles. The number of aromatic nitrogens is 1. The van der Waals surface area contributed by atoms with Crippen LogP contribution in [0.1, 0.15) is 33.9 Å². The maximum absolute atomic E-state index is 13.8. The first-order valence-electron chi connectivity index (χ1n) is 6.93. The summed E-state index contributed by atoms with van der Waals surface area (Å²) in [5.74, 6) is -0.612. The molecular weight excluding hydrogens is 303 g/mol. The number of hydrogen-bond donors (Lipinski definition) is 0. The van der Waals surface area contributed by atoms with Crippen LogP contribution in [0.3, 0.4) is 0 Å². The van der Waals surface area contributed by atoms with Crippen LogP contribution in [0.2, 0.25) is 0 Å². The molecule has 3 rings (SSSR count). The maximum atomic E-state index is 13.8. The van der Waals surface area contributed by atoms with Crippen LogP contribution in [0.25, 0.3) is 10.4 Å². The van der Waals surface area contributed by atoms with E-state index in [0.29, 0.717) is 28.0 Å². The highest BCUT2D eigenvalue weighted by Crippen LogP contribution is 2.33. The predicted octanol–water partition coefficient (Wildman–Crippen LogP) is 3.70. The molecule has 0 atom stereocenters. The first-order chi connectivity index (χ1) is 10.6. The van der Waals surface area contributed by atoms with Crippen LogP contribution < -0.4 is 0 Å². The standard InChI is InChI=1S/C16H13FN2O2S/c1-9-19-14(16(20)21-8-10-2-3-10)15(22-9)11-4-5-12(7-18)13(17)6-11/h4-6,10H,2-3,8H2,1H3. The molecule has 0 radical (unpaired) electrons. The van der Waals surface area contributed by atoms with Crippen molar-refractivity contribution < 1.29 is 13.9 Å². The van der Waals surface area contributed by atoms with Crippen molar-refractivity contribution in [3.05, 3.63) is 40.3 Å². The van der Waals surface area contributed by atoms with Crippen molar-refractivity contribution in [2.45, 2.75) is 19.8 Å². The predicted molar refractivity (Wildman–Crippen MR) is 80.0 cm³/mol. The zero-order valence-corrected chi connectivity index (χ0v) is 12.7. The van der Waals surface area contributed by atoms with Gasteiger partial charge >= 0.3 is 5.97 Å². The lowest BCUT2D eigenvalue weighted by atomic mass is 10.1. The van der Waals surface area contributed by atoms with Crippen LogP contribution in [0.4, 0.5) is 4.39 Å². The Morgan fingerprint density at radius 1 is 1.55 bits per heavy atom. The summed E-state index contributed by atoms with van der Waals surface area (Å²) < 4.78 is 19.0. The van der Waals surface area contributed by atoms with Gasteiger partial charge in [-0.2, -0.15) is 5.26 Å². The van der Waals surface area contributed by atoms with E-state index in [1.54, 1.807) is 19.1 Å². The second-order valence-electron chi connectivity index (χ2n) is 5.26. The fraction of sp³-hybridized carbons (Fsp3) is 0.312. The fourth-order valence-corrected chi connectivity index (χ4v) is 2.96. The molecule has 6 heteroatoms. The third kappa shape index (κ3) is 3.00. The summed E-state index contributed by atoms with van der Waals surface area (Å²) in [5.41, 5.74) is 0.718. The molecule has 112 valence electrons. The molecule has 22 heavy (non-hydrogen) atoms. The van der Waals surface area contributed by atoms with Gasteiger partial charge in [-0.3, -0.25) is 0 Å². The van der Waals surface area contributed by atoms with Gasteiger partial charge in [0, 0.05) is 0 Å². The maximum Gasteiger partial charge on any atom is 0.358 e. The van der Waals surface area contributed by atoms with E-state index < -0.39 is 11.8 Å². The molecule has 0 saturated heterocycles. The monoisotopic (exact) mass is 316 g/mol. The molecule has 2 aromatic rings. The van der Waals surface area contributed by atoms with Gasteiger partial charge in [-0.25, -0.2) is 14.2 Å². The minimum atomic E-state index is -0.608. The number of benzene rings is 1. The summed E-state index contributed by atoms with van der Waals surface area (Å²) in [6.45, 7) is 2.20. The van der Waals surface area contributed by atoms with Crippen molar-refractivity contribution in [1.82, 2.24) is 4.98 Å². The number of esters is 1. The molecule has 4 nitrogen and oxygen atoms in total. The molecule has 1 aromatic heterocycles. The molecule has 0 N–H and O–H groups in total. The van der Waals surface area contributed by atoms with Gasteiger partial charge in [-0.05, 0) is 43.4 Å². The van der Waals surface area contributed by atoms with Gasteiger partial charge in [0.05, 0.1) is 22.1 Å². The summed E-state index contributed by atoms with van der Waals surface area (Å²) in [6, 6.07) is 6.05. The van der Waals surface area contributed by atoms with E-state index in [0.717, 1.165) is 12.8 Å². The Balaban J connectivity index is 1.91. The smallest absolute Gasteiger partial charge is 0.358 e. The van der Waals surface area contributed by atoms with Crippen molar-refractivity contribution in [3.63, 3.8) is 0 Å². The van der Waals surface area contributed by atoms with Crippen LogP contribution in [0, 0.1) is 30.0 Å². The quantitative estimate of drug-likeness (QED) is 0.807. The average molecular weight is 316 g/mol. The lowest BCUT2D eigenvalue weighted by molar-refractivity contribution is 0.0481. The van der Waals surface area contributed by atoms with E-state index in [1.807, 2.05) is 0 Å². The van der Waals surface area contributed by atoms with Crippen molar-refractivity contribution >= 4 is 17.3 Å². The summed E-state index contributed by atoms with van der Waals surface area (Å²) in [5, 5.41) is 9.49. The Bertz CT molecular complexity index is 775. The molecule has 0 bridgehead atoms. The summed E-state index contributed by atoms with van der Waals surface area (Å²) in [6.07, 6.45) is 2.19. The lowest BCUT2D eigenvalue weighted by Gasteiger charge is -2.04. The Morgan fingerprint density at radius 3 is 2.95 bits per heavy atom. The van der Waals surface area contributed by atoms with Gasteiger partial charge in [-0.1, -0.05) is 6.07 Å². The van der Waals surface area contributed by atoms with Gasteiger partial charge < -0.3 is 4.74 Å². The minimum absolute atomic E-state index is 0.0251. The number of aryl methyl sites for hydroxylation is 1. The van der Waals surface area contributed by atoms with Crippen molar-refractivity contribution in [2.75, 3.05) is 6.61 Å². The number of rotatable bonds is 4. The number of thiazole rings is 1. The highest BCUT2D eigenvalue weighted by Gasteiger charge is 2.26. The number of hydrogen-bond acceptors (Lipinski definition) is 5. The molecule has 0 spiro atoms. The van der Waals surface area contributed by atoms with E-state index in [9.17, 15) is 9.18 Å². The Hall–Kier alpha value is -2.26. The van der Waals surface area contributed by atoms with Crippen molar-refractivity contribution in [3.8, 4) is 16.5 Å². The summed E-state index contributed by atoms with van der Waals surface area (Å²) in [4.78, 5) is 17.0. The summed E-state index contributed by atoms with van der Waals surface area (Å²) >= 11 is 1.31. The Labute approximate surface area is 131 Å². The molecular formula is C16H13FN2O2S. The van der Waals surface area contributed by atoms with Crippen molar-refractivity contribution in [1.29, 1.82) is 5.26 Å². The SMILES string of the molecule is Cc1nc(C(=O)OCC2CC2)c(-c2ccc(C#N)c(F)c2)s1. The minimum Gasteiger partial charge on any atom is -0.461 e. The number of nitrogens with zero attached hydrogens (tertiary/aromatic N) is 2. The van der Waals surface area contributed by atoms with Crippen LogP contribution >= 0.6 is 11.3 Å². The highest BCUT2D eigenvalue weighted by atomic mass is 32.1. The lowest BCUT2D eigenvalue weighted by Crippen LogP contribution is -2.09. The third-order valence-electron chi connectivity index (χ3n) is 3.43. The molecule has 0 aliphatic heterocycles. The van der Waals surface area contributed by atoms with Crippen LogP contribution in [-0.4, -0.2) is 17.6 Å². The van der Waals surface area contributed by atoms with Crippen LogP contribution in [0.5, 0.6) is 0 Å². The largest absolute Gasteiger partial charge is 0.461 e. The molecule has 1 fully saturated rings. The topological polar surface area (TPSA) is 63.0 Å². The zero-order chi connectivity index (χ0) is 15.7. The molecule has 1 aliphatic carbocycles. The first kappa shape index (κ1) is 14.7. The number of carbonyl (C=O) groups excluding carboxylic acids is 1. The average Bonchev–Trinajstić information content (AvgIpc) is 3.25. The van der Waals surface area contributed by atoms with E-state index >= 15 is 0 Å². The number of ether oxygens (including phenoxy) is 1. The highest BCUT2D eigenvalue weighted by molar-refractivity contribution is 7.15. The van der Waals surface area contributed by atoms with Gasteiger partial charge in [0.25, 0.3) is 0 Å².